The maximum Gasteiger partial charge on any atom is 0.187 e. The van der Waals surface area contributed by atoms with Gasteiger partial charge in [-0.25, -0.2) is 0 Å². The van der Waals surface area contributed by atoms with Crippen molar-refractivity contribution < 1.29 is 128 Å². The second kappa shape index (κ2) is 24.4. The molecule has 26 nitrogen and oxygen atoms in total. The van der Waals surface area contributed by atoms with Crippen LogP contribution in [0.5, 0.6) is 0 Å². The van der Waals surface area contributed by atoms with E-state index in [0.717, 1.165) is 58.0 Å². The van der Waals surface area contributed by atoms with Gasteiger partial charge in [0.25, 0.3) is 0 Å². The summed E-state index contributed by atoms with van der Waals surface area (Å²) in [6.07, 6.45) is -32.4. The zero-order chi connectivity index (χ0) is 58.6. The van der Waals surface area contributed by atoms with Gasteiger partial charge in [0.05, 0.1) is 51.3 Å². The summed E-state index contributed by atoms with van der Waals surface area (Å²) >= 11 is 0. The summed E-state index contributed by atoms with van der Waals surface area (Å²) < 4.78 is 73.7. The van der Waals surface area contributed by atoms with Crippen molar-refractivity contribution in [2.45, 2.75) is 264 Å². The van der Waals surface area contributed by atoms with E-state index in [2.05, 4.69) is 27.7 Å². The molecule has 7 heterocycles. The van der Waals surface area contributed by atoms with E-state index in [9.17, 15) is 71.5 Å². The summed E-state index contributed by atoms with van der Waals surface area (Å²) in [5.41, 5.74) is 0.239. The molecule has 36 atom stereocenters. The van der Waals surface area contributed by atoms with E-state index in [1.165, 1.54) is 6.92 Å². The molecule has 7 aliphatic heterocycles. The van der Waals surface area contributed by atoms with Crippen LogP contribution < -0.4 is 0 Å². The Morgan fingerprint density at radius 3 is 1.76 bits per heavy atom. The van der Waals surface area contributed by atoms with E-state index in [-0.39, 0.29) is 23.0 Å². The Labute approximate surface area is 476 Å². The Bertz CT molecular complexity index is 2120. The smallest absolute Gasteiger partial charge is 0.187 e. The van der Waals surface area contributed by atoms with Crippen LogP contribution in [0.15, 0.2) is 0 Å². The molecule has 1 spiro atoms. The Kier molecular flexibility index (Phi) is 18.6. The number of aliphatic hydroxyl groups excluding tert-OH is 14. The molecule has 0 radical (unpaired) electrons. The van der Waals surface area contributed by atoms with E-state index < -0.39 is 180 Å². The first kappa shape index (κ1) is 62.6. The van der Waals surface area contributed by atoms with Crippen molar-refractivity contribution in [3.8, 4) is 0 Å². The number of aliphatic hydroxyl groups is 14. The fourth-order valence-electron chi connectivity index (χ4n) is 17.3. The first-order valence-corrected chi connectivity index (χ1v) is 30.1. The van der Waals surface area contributed by atoms with Crippen LogP contribution in [-0.4, -0.2) is 270 Å². The molecule has 472 valence electrons. The fraction of sp³-hybridized carbons (Fsp3) is 1.00. The molecule has 0 amide bonds. The lowest BCUT2D eigenvalue weighted by atomic mass is 9.44. The normalized spacial score (nSPS) is 57.9. The minimum Gasteiger partial charge on any atom is -0.394 e. The predicted octanol–water partition coefficient (Wildman–Crippen LogP) is -3.42. The van der Waals surface area contributed by atoms with E-state index in [1.54, 1.807) is 0 Å². The van der Waals surface area contributed by atoms with Gasteiger partial charge in [0.2, 0.25) is 0 Å². The Balaban J connectivity index is 0.778. The summed E-state index contributed by atoms with van der Waals surface area (Å²) in [6.45, 7) is 8.50. The standard InChI is InChI=1S/C56H92O26/c1-21-8-13-56(72-19-21)22(2)34-30(82-56)15-28-26-7-6-24-14-25(9-11-54(24,4)27(26)10-12-55(28,34)5)74-51-43(69)40(66)46(33(18-59)77-51)79-53-48(47(37(63)32(17-58)76-53)80-52-42(68)39(65)36(62)31(16-57)75-52)81-49-44(70)45(29(60)20-71-49)78-50-41(67)38(64)35(61)23(3)73-50/h21-53,57-70H,6-20H2,1-5H3/t21-,22?,23?,24?,25+,26?,27?,28?,29?,30?,31-,32-,33-,34?,35+,36?,37?,38?,39+,40-,41?,42?,43?,44?,45+,46+,47+,48?,49+,50+,51-,52+,53+,54+,55+,56?/m1/s1. The molecular weight excluding hydrogens is 1090 g/mol. The minimum atomic E-state index is -2.04. The summed E-state index contributed by atoms with van der Waals surface area (Å²) in [5.74, 6) is 2.89. The summed E-state index contributed by atoms with van der Waals surface area (Å²) in [4.78, 5) is 0. The first-order valence-electron chi connectivity index (χ1n) is 30.1. The van der Waals surface area contributed by atoms with Gasteiger partial charge in [0.15, 0.2) is 37.2 Å². The molecule has 11 fully saturated rings. The average molecular weight is 1180 g/mol. The van der Waals surface area contributed by atoms with Crippen LogP contribution in [0.1, 0.15) is 98.8 Å². The highest BCUT2D eigenvalue weighted by Crippen LogP contribution is 2.71. The van der Waals surface area contributed by atoms with Gasteiger partial charge in [0.1, 0.15) is 110 Å². The molecule has 14 N–H and O–H groups in total. The van der Waals surface area contributed by atoms with Crippen LogP contribution in [0.3, 0.4) is 0 Å². The highest BCUT2D eigenvalue weighted by molar-refractivity contribution is 5.16. The van der Waals surface area contributed by atoms with Crippen LogP contribution in [0.2, 0.25) is 0 Å². The Hall–Kier alpha value is -1.04. The largest absolute Gasteiger partial charge is 0.394 e. The highest BCUT2D eigenvalue weighted by atomic mass is 16.8. The Morgan fingerprint density at radius 2 is 1.06 bits per heavy atom. The van der Waals surface area contributed by atoms with Crippen molar-refractivity contribution in [3.63, 3.8) is 0 Å². The highest BCUT2D eigenvalue weighted by Gasteiger charge is 2.69. The monoisotopic (exact) mass is 1180 g/mol. The van der Waals surface area contributed by atoms with Crippen molar-refractivity contribution in [1.29, 1.82) is 0 Å². The second-order valence-corrected chi connectivity index (χ2v) is 26.7. The number of ether oxygens (including phenoxy) is 12. The second-order valence-electron chi connectivity index (χ2n) is 26.7. The van der Waals surface area contributed by atoms with Gasteiger partial charge in [-0.1, -0.05) is 27.7 Å². The molecular formula is C56H92O26. The minimum absolute atomic E-state index is 0.0602. The fourth-order valence-corrected chi connectivity index (χ4v) is 17.3. The first-order chi connectivity index (χ1) is 39.0. The van der Waals surface area contributed by atoms with E-state index in [0.29, 0.717) is 54.3 Å². The number of rotatable bonds is 13. The van der Waals surface area contributed by atoms with Crippen LogP contribution in [-0.2, 0) is 56.8 Å². The summed E-state index contributed by atoms with van der Waals surface area (Å²) in [6, 6.07) is 0. The van der Waals surface area contributed by atoms with Crippen molar-refractivity contribution in [1.82, 2.24) is 0 Å². The molecule has 0 aromatic rings. The van der Waals surface area contributed by atoms with Crippen LogP contribution >= 0.6 is 0 Å². The van der Waals surface area contributed by atoms with Crippen molar-refractivity contribution in [3.05, 3.63) is 0 Å². The predicted molar refractivity (Wildman–Crippen MR) is 273 cm³/mol. The molecule has 26 heteroatoms. The summed E-state index contributed by atoms with van der Waals surface area (Å²) in [7, 11) is 0. The topological polar surface area (TPSA) is 394 Å². The van der Waals surface area contributed by atoms with Gasteiger partial charge in [-0.15, -0.1) is 0 Å². The molecule has 0 aromatic heterocycles. The van der Waals surface area contributed by atoms with Gasteiger partial charge in [-0.3, -0.25) is 0 Å². The average Bonchev–Trinajstić information content (AvgIpc) is 1.71. The molecule has 82 heavy (non-hydrogen) atoms. The molecule has 11 aliphatic rings. The summed E-state index contributed by atoms with van der Waals surface area (Å²) in [5, 5.41) is 153. The van der Waals surface area contributed by atoms with Crippen LogP contribution in [0.4, 0.5) is 0 Å². The molecule has 0 aromatic carbocycles. The molecule has 4 aliphatic carbocycles. The van der Waals surface area contributed by atoms with Gasteiger partial charge in [0, 0.05) is 12.3 Å². The van der Waals surface area contributed by atoms with Gasteiger partial charge in [-0.2, -0.15) is 0 Å². The van der Waals surface area contributed by atoms with E-state index in [1.807, 2.05) is 0 Å². The molecule has 11 rings (SSSR count). The van der Waals surface area contributed by atoms with Gasteiger partial charge >= 0.3 is 0 Å². The van der Waals surface area contributed by atoms with Crippen molar-refractivity contribution in [2.75, 3.05) is 33.0 Å². The third kappa shape index (κ3) is 10.9. The lowest BCUT2D eigenvalue weighted by molar-refractivity contribution is -0.406. The zero-order valence-corrected chi connectivity index (χ0v) is 47.3. The molecule has 18 unspecified atom stereocenters. The SMILES string of the molecule is CC1O[C@@H](O[C@H]2C(O)CO[C@@H](OC3[C@H](O[C@@H]4[C@H](O)C(O)[C@H](O[C@H]5CC[C@@]6(C)C(CCC7C6CC[C@@]6(C)C7CC7OC8(CC[C@@H](C)CO8)C(C)C76)C5)O[C@@H]4CO)O[C@H](CO)C(O)[C@@H]3O[C@@H]3O[C@H](CO)C(O)[C@H](O)C3O)C2O)C(O)C(O)[C@H]1O. The molecule has 0 bridgehead atoms. The van der Waals surface area contributed by atoms with Gasteiger partial charge < -0.3 is 128 Å². The molecule has 7 saturated heterocycles. The van der Waals surface area contributed by atoms with Crippen molar-refractivity contribution in [2.24, 2.45) is 52.3 Å². The quantitative estimate of drug-likeness (QED) is 0.0799. The third-order valence-corrected chi connectivity index (χ3v) is 22.1. The lowest BCUT2D eigenvalue weighted by Gasteiger charge is -2.61. The third-order valence-electron chi connectivity index (χ3n) is 22.1. The van der Waals surface area contributed by atoms with Crippen LogP contribution in [0.25, 0.3) is 0 Å². The Morgan fingerprint density at radius 1 is 0.463 bits per heavy atom. The zero-order valence-electron chi connectivity index (χ0n) is 47.3. The molecule has 4 saturated carbocycles. The maximum absolute atomic E-state index is 12.0. The number of hydrogen-bond donors (Lipinski definition) is 14. The number of hydrogen-bond acceptors (Lipinski definition) is 26. The lowest BCUT2D eigenvalue weighted by Crippen LogP contribution is -2.68. The maximum atomic E-state index is 12.0. The van der Waals surface area contributed by atoms with Gasteiger partial charge in [-0.05, 0) is 111 Å². The number of fused-ring (bicyclic) bond motifs is 7. The van der Waals surface area contributed by atoms with Crippen LogP contribution in [0, 0.1) is 52.3 Å². The van der Waals surface area contributed by atoms with E-state index >= 15 is 0 Å². The van der Waals surface area contributed by atoms with Crippen molar-refractivity contribution >= 4 is 0 Å². The van der Waals surface area contributed by atoms with E-state index in [4.69, 9.17) is 56.8 Å².